The second kappa shape index (κ2) is 6.25. The minimum atomic E-state index is 0.0277. The Morgan fingerprint density at radius 1 is 1.20 bits per heavy atom. The van der Waals surface area contributed by atoms with Gasteiger partial charge in [-0.1, -0.05) is 41.9 Å². The van der Waals surface area contributed by atoms with Gasteiger partial charge in [0.25, 0.3) is 0 Å². The molecule has 0 bridgehead atoms. The molecular formula is C16H17ClN2O. The Balaban J connectivity index is 1.83. The van der Waals surface area contributed by atoms with Crippen molar-refractivity contribution < 1.29 is 4.74 Å². The van der Waals surface area contributed by atoms with E-state index in [0.29, 0.717) is 16.8 Å². The smallest absolute Gasteiger partial charge is 0.213 e. The van der Waals surface area contributed by atoms with Crippen LogP contribution in [0.3, 0.4) is 0 Å². The number of halogens is 1. The Morgan fingerprint density at radius 2 is 2.05 bits per heavy atom. The van der Waals surface area contributed by atoms with E-state index >= 15 is 0 Å². The van der Waals surface area contributed by atoms with E-state index < -0.39 is 0 Å². The fourth-order valence-corrected chi connectivity index (χ4v) is 2.69. The number of pyridine rings is 1. The van der Waals surface area contributed by atoms with Crippen molar-refractivity contribution in [2.45, 2.75) is 12.5 Å². The standard InChI is InChI=1S/C16H17ClN2O/c17-14-6-7-15(19-11-14)20-16(13-8-9-18-10-13)12-4-2-1-3-5-12/h1-7,11,13,16,18H,8-10H2/t13-,16-/m1/s1. The molecule has 1 fully saturated rings. The van der Waals surface area contributed by atoms with Crippen LogP contribution in [0.5, 0.6) is 5.88 Å². The van der Waals surface area contributed by atoms with Gasteiger partial charge in [-0.15, -0.1) is 0 Å². The lowest BCUT2D eigenvalue weighted by molar-refractivity contribution is 0.138. The van der Waals surface area contributed by atoms with Gasteiger partial charge in [0.2, 0.25) is 5.88 Å². The van der Waals surface area contributed by atoms with Crippen molar-refractivity contribution >= 4 is 11.6 Å². The SMILES string of the molecule is Clc1ccc(O[C@H](c2ccccc2)[C@@H]2CCNC2)nc1. The van der Waals surface area contributed by atoms with Crippen molar-refractivity contribution in [3.8, 4) is 5.88 Å². The van der Waals surface area contributed by atoms with E-state index in [-0.39, 0.29) is 6.10 Å². The minimum absolute atomic E-state index is 0.0277. The normalized spacial score (nSPS) is 19.8. The van der Waals surface area contributed by atoms with Crippen molar-refractivity contribution in [1.82, 2.24) is 10.3 Å². The predicted molar refractivity (Wildman–Crippen MR) is 80.0 cm³/mol. The van der Waals surface area contributed by atoms with Crippen molar-refractivity contribution in [3.05, 3.63) is 59.2 Å². The van der Waals surface area contributed by atoms with Crippen molar-refractivity contribution in [2.24, 2.45) is 5.92 Å². The molecule has 1 aliphatic heterocycles. The summed E-state index contributed by atoms with van der Waals surface area (Å²) in [6.07, 6.45) is 2.76. The summed E-state index contributed by atoms with van der Waals surface area (Å²) < 4.78 is 6.13. The molecule has 2 heterocycles. The zero-order chi connectivity index (χ0) is 13.8. The van der Waals surface area contributed by atoms with Crippen LogP contribution in [-0.2, 0) is 0 Å². The first-order valence-electron chi connectivity index (χ1n) is 6.87. The number of nitrogens with one attached hydrogen (secondary N) is 1. The van der Waals surface area contributed by atoms with Crippen LogP contribution in [0.2, 0.25) is 5.02 Å². The van der Waals surface area contributed by atoms with Crippen molar-refractivity contribution in [2.75, 3.05) is 13.1 Å². The van der Waals surface area contributed by atoms with Crippen molar-refractivity contribution in [1.29, 1.82) is 0 Å². The quantitative estimate of drug-likeness (QED) is 0.935. The highest BCUT2D eigenvalue weighted by atomic mass is 35.5. The van der Waals surface area contributed by atoms with E-state index in [4.69, 9.17) is 16.3 Å². The molecule has 1 N–H and O–H groups in total. The number of aromatic nitrogens is 1. The third-order valence-electron chi connectivity index (χ3n) is 3.60. The van der Waals surface area contributed by atoms with Gasteiger partial charge in [-0.2, -0.15) is 0 Å². The Hall–Kier alpha value is -1.58. The van der Waals surface area contributed by atoms with E-state index in [1.165, 1.54) is 5.56 Å². The second-order valence-corrected chi connectivity index (χ2v) is 5.45. The largest absolute Gasteiger partial charge is 0.469 e. The van der Waals surface area contributed by atoms with Crippen LogP contribution in [0.1, 0.15) is 18.1 Å². The maximum Gasteiger partial charge on any atom is 0.213 e. The molecule has 1 aliphatic rings. The van der Waals surface area contributed by atoms with Crippen LogP contribution in [-0.4, -0.2) is 18.1 Å². The van der Waals surface area contributed by atoms with Gasteiger partial charge in [-0.3, -0.25) is 0 Å². The van der Waals surface area contributed by atoms with Crippen LogP contribution in [0.25, 0.3) is 0 Å². The molecule has 0 amide bonds. The Kier molecular flexibility index (Phi) is 4.19. The first-order valence-corrected chi connectivity index (χ1v) is 7.24. The van der Waals surface area contributed by atoms with Gasteiger partial charge < -0.3 is 10.1 Å². The van der Waals surface area contributed by atoms with E-state index in [2.05, 4.69) is 22.4 Å². The van der Waals surface area contributed by atoms with Gasteiger partial charge in [0.15, 0.2) is 0 Å². The first-order chi connectivity index (χ1) is 9.83. The first kappa shape index (κ1) is 13.4. The molecule has 1 aromatic heterocycles. The number of nitrogens with zero attached hydrogens (tertiary/aromatic N) is 1. The molecular weight excluding hydrogens is 272 g/mol. The summed E-state index contributed by atoms with van der Waals surface area (Å²) in [5, 5.41) is 4.02. The summed E-state index contributed by atoms with van der Waals surface area (Å²) in [4.78, 5) is 4.24. The summed E-state index contributed by atoms with van der Waals surface area (Å²) in [6.45, 7) is 2.03. The summed E-state index contributed by atoms with van der Waals surface area (Å²) in [5.41, 5.74) is 1.19. The van der Waals surface area contributed by atoms with Crippen LogP contribution in [0.4, 0.5) is 0 Å². The average Bonchev–Trinajstić information content (AvgIpc) is 3.01. The summed E-state index contributed by atoms with van der Waals surface area (Å²) in [7, 11) is 0. The van der Waals surface area contributed by atoms with Gasteiger partial charge >= 0.3 is 0 Å². The predicted octanol–water partition coefficient (Wildman–Crippen LogP) is 3.46. The lowest BCUT2D eigenvalue weighted by Crippen LogP contribution is -2.21. The zero-order valence-corrected chi connectivity index (χ0v) is 11.9. The third-order valence-corrected chi connectivity index (χ3v) is 3.83. The maximum absolute atomic E-state index is 6.13. The highest BCUT2D eigenvalue weighted by molar-refractivity contribution is 6.30. The number of hydrogen-bond donors (Lipinski definition) is 1. The molecule has 3 rings (SSSR count). The molecule has 3 nitrogen and oxygen atoms in total. The Bertz CT molecular complexity index is 538. The molecule has 0 unspecified atom stereocenters. The number of hydrogen-bond acceptors (Lipinski definition) is 3. The van der Waals surface area contributed by atoms with E-state index in [1.807, 2.05) is 24.3 Å². The molecule has 0 radical (unpaired) electrons. The minimum Gasteiger partial charge on any atom is -0.469 e. The number of rotatable bonds is 4. The fraction of sp³-hybridized carbons (Fsp3) is 0.312. The molecule has 0 spiro atoms. The van der Waals surface area contributed by atoms with Gasteiger partial charge in [0.1, 0.15) is 6.10 Å². The maximum atomic E-state index is 6.13. The van der Waals surface area contributed by atoms with E-state index in [1.54, 1.807) is 12.3 Å². The topological polar surface area (TPSA) is 34.1 Å². The monoisotopic (exact) mass is 288 g/mol. The highest BCUT2D eigenvalue weighted by Gasteiger charge is 2.28. The number of ether oxygens (including phenoxy) is 1. The van der Waals surface area contributed by atoms with Gasteiger partial charge in [0.05, 0.1) is 5.02 Å². The van der Waals surface area contributed by atoms with E-state index in [0.717, 1.165) is 19.5 Å². The van der Waals surface area contributed by atoms with Crippen LogP contribution < -0.4 is 10.1 Å². The van der Waals surface area contributed by atoms with Gasteiger partial charge in [-0.25, -0.2) is 4.98 Å². The lowest BCUT2D eigenvalue weighted by Gasteiger charge is -2.24. The molecule has 2 aromatic rings. The molecule has 104 valence electrons. The average molecular weight is 289 g/mol. The molecule has 0 aliphatic carbocycles. The lowest BCUT2D eigenvalue weighted by atomic mass is 9.95. The third kappa shape index (κ3) is 3.11. The molecule has 2 atom stereocenters. The van der Waals surface area contributed by atoms with E-state index in [9.17, 15) is 0 Å². The zero-order valence-electron chi connectivity index (χ0n) is 11.1. The molecule has 4 heteroatoms. The van der Waals surface area contributed by atoms with Crippen LogP contribution in [0.15, 0.2) is 48.7 Å². The highest BCUT2D eigenvalue weighted by Crippen LogP contribution is 2.31. The van der Waals surface area contributed by atoms with Crippen molar-refractivity contribution in [3.63, 3.8) is 0 Å². The van der Waals surface area contributed by atoms with Gasteiger partial charge in [0, 0.05) is 24.7 Å². The fourth-order valence-electron chi connectivity index (χ4n) is 2.58. The summed E-state index contributed by atoms with van der Waals surface area (Å²) in [5.74, 6) is 1.09. The Labute approximate surface area is 123 Å². The summed E-state index contributed by atoms with van der Waals surface area (Å²) >= 11 is 5.86. The molecule has 0 saturated carbocycles. The Morgan fingerprint density at radius 3 is 2.70 bits per heavy atom. The van der Waals surface area contributed by atoms with Crippen LogP contribution >= 0.6 is 11.6 Å². The molecule has 20 heavy (non-hydrogen) atoms. The van der Waals surface area contributed by atoms with Gasteiger partial charge in [-0.05, 0) is 24.6 Å². The molecule has 1 aromatic carbocycles. The van der Waals surface area contributed by atoms with Crippen LogP contribution in [0, 0.1) is 5.92 Å². The molecule has 1 saturated heterocycles. The second-order valence-electron chi connectivity index (χ2n) is 5.02. The summed E-state index contributed by atoms with van der Waals surface area (Å²) in [6, 6.07) is 14.0. The number of benzene rings is 1.